The fraction of sp³-hybridized carbons (Fsp3) is 0.667. The van der Waals surface area contributed by atoms with E-state index in [0.717, 1.165) is 38.1 Å². The quantitative estimate of drug-likeness (QED) is 0.428. The summed E-state index contributed by atoms with van der Waals surface area (Å²) in [5.41, 5.74) is 0. The molecule has 19 heavy (non-hydrogen) atoms. The van der Waals surface area contributed by atoms with Crippen LogP contribution in [0.15, 0.2) is 29.5 Å². The maximum atomic E-state index is 4.62. The summed E-state index contributed by atoms with van der Waals surface area (Å²) in [6.07, 6.45) is 9.63. The second kappa shape index (κ2) is 7.87. The molecule has 4 nitrogen and oxygen atoms in total. The van der Waals surface area contributed by atoms with Gasteiger partial charge < -0.3 is 15.2 Å². The lowest BCUT2D eigenvalue weighted by atomic mass is 10.2. The summed E-state index contributed by atoms with van der Waals surface area (Å²) in [5.74, 6) is 1.96. The monoisotopic (exact) mass is 262 g/mol. The number of aromatic nitrogens is 1. The van der Waals surface area contributed by atoms with Crippen molar-refractivity contribution in [3.8, 4) is 0 Å². The van der Waals surface area contributed by atoms with Crippen LogP contribution in [-0.4, -0.2) is 30.2 Å². The zero-order chi connectivity index (χ0) is 13.3. The number of hydrogen-bond acceptors (Lipinski definition) is 1. The lowest BCUT2D eigenvalue weighted by Gasteiger charge is -2.11. The number of hydrogen-bond donors (Lipinski definition) is 2. The first-order valence-corrected chi connectivity index (χ1v) is 7.51. The van der Waals surface area contributed by atoms with E-state index in [1.54, 1.807) is 0 Å². The van der Waals surface area contributed by atoms with E-state index in [1.165, 1.54) is 25.7 Å². The molecular formula is C15H26N4. The van der Waals surface area contributed by atoms with Crippen LogP contribution < -0.4 is 10.6 Å². The second-order valence-electron chi connectivity index (χ2n) is 5.19. The average Bonchev–Trinajstić information content (AvgIpc) is 3.09. The molecule has 0 amide bonds. The van der Waals surface area contributed by atoms with Crippen molar-refractivity contribution >= 4 is 5.96 Å². The number of nitrogens with zero attached hydrogens (tertiary/aromatic N) is 2. The van der Waals surface area contributed by atoms with E-state index in [2.05, 4.69) is 51.6 Å². The summed E-state index contributed by atoms with van der Waals surface area (Å²) in [6.45, 7) is 5.84. The van der Waals surface area contributed by atoms with Crippen LogP contribution in [0.3, 0.4) is 0 Å². The first kappa shape index (κ1) is 14.0. The van der Waals surface area contributed by atoms with Crippen molar-refractivity contribution in [2.45, 2.75) is 39.2 Å². The molecule has 0 atom stereocenters. The predicted molar refractivity (Wildman–Crippen MR) is 80.4 cm³/mol. The highest BCUT2D eigenvalue weighted by atomic mass is 15.2. The standard InChI is InChI=1S/C15H26N4/c1-2-16-15(17-9-5-6-14-7-8-14)18-10-13-19-11-3-4-12-19/h3-4,11-12,14H,2,5-10,13H2,1H3,(H2,16,17,18). The number of guanidine groups is 1. The van der Waals surface area contributed by atoms with Gasteiger partial charge in [0, 0.05) is 38.6 Å². The number of rotatable bonds is 8. The Balaban J connectivity index is 1.63. The van der Waals surface area contributed by atoms with Gasteiger partial charge in [-0.1, -0.05) is 12.8 Å². The molecule has 1 aliphatic carbocycles. The van der Waals surface area contributed by atoms with Gasteiger partial charge in [0.2, 0.25) is 0 Å². The Bertz CT molecular complexity index is 366. The number of nitrogens with one attached hydrogen (secondary N) is 2. The molecule has 0 unspecified atom stereocenters. The summed E-state index contributed by atoms with van der Waals surface area (Å²) < 4.78 is 2.17. The highest BCUT2D eigenvalue weighted by Crippen LogP contribution is 2.33. The number of aliphatic imine (C=N–C) groups is 1. The molecule has 1 fully saturated rings. The highest BCUT2D eigenvalue weighted by Gasteiger charge is 2.19. The third-order valence-electron chi connectivity index (χ3n) is 3.41. The van der Waals surface area contributed by atoms with Crippen LogP contribution in [-0.2, 0) is 6.54 Å². The van der Waals surface area contributed by atoms with Crippen molar-refractivity contribution in [1.82, 2.24) is 15.2 Å². The molecule has 1 aliphatic rings. The molecule has 0 aliphatic heterocycles. The Labute approximate surface area is 116 Å². The van der Waals surface area contributed by atoms with Gasteiger partial charge in [-0.2, -0.15) is 0 Å². The molecule has 2 rings (SSSR count). The van der Waals surface area contributed by atoms with Gasteiger partial charge in [-0.05, 0) is 37.8 Å². The molecule has 1 aromatic heterocycles. The van der Waals surface area contributed by atoms with Crippen LogP contribution in [0.4, 0.5) is 0 Å². The molecule has 4 heteroatoms. The third kappa shape index (κ3) is 5.81. The molecule has 0 spiro atoms. The third-order valence-corrected chi connectivity index (χ3v) is 3.41. The maximum absolute atomic E-state index is 4.62. The zero-order valence-electron chi connectivity index (χ0n) is 11.9. The molecule has 0 radical (unpaired) electrons. The highest BCUT2D eigenvalue weighted by molar-refractivity contribution is 5.79. The Morgan fingerprint density at radius 2 is 2.05 bits per heavy atom. The van der Waals surface area contributed by atoms with E-state index in [4.69, 9.17) is 0 Å². The predicted octanol–water partition coefficient (Wildman–Crippen LogP) is 2.23. The Kier molecular flexibility index (Phi) is 5.79. The molecule has 1 aromatic rings. The minimum absolute atomic E-state index is 0.906. The van der Waals surface area contributed by atoms with E-state index in [1.807, 2.05) is 0 Å². The molecular weight excluding hydrogens is 236 g/mol. The molecule has 106 valence electrons. The minimum Gasteiger partial charge on any atom is -0.357 e. The first-order valence-electron chi connectivity index (χ1n) is 7.51. The summed E-state index contributed by atoms with van der Waals surface area (Å²) in [7, 11) is 0. The topological polar surface area (TPSA) is 41.4 Å². The average molecular weight is 262 g/mol. The molecule has 1 saturated carbocycles. The van der Waals surface area contributed by atoms with Gasteiger partial charge in [0.05, 0.1) is 0 Å². The fourth-order valence-electron chi connectivity index (χ4n) is 2.14. The van der Waals surface area contributed by atoms with Crippen LogP contribution in [0.2, 0.25) is 0 Å². The van der Waals surface area contributed by atoms with Crippen LogP contribution >= 0.6 is 0 Å². The zero-order valence-corrected chi connectivity index (χ0v) is 11.9. The van der Waals surface area contributed by atoms with E-state index < -0.39 is 0 Å². The van der Waals surface area contributed by atoms with E-state index in [9.17, 15) is 0 Å². The van der Waals surface area contributed by atoms with Crippen molar-refractivity contribution in [3.05, 3.63) is 24.5 Å². The van der Waals surface area contributed by atoms with Gasteiger partial charge in [-0.25, -0.2) is 0 Å². The Morgan fingerprint density at radius 1 is 1.26 bits per heavy atom. The van der Waals surface area contributed by atoms with Crippen LogP contribution in [0, 0.1) is 5.92 Å². The maximum Gasteiger partial charge on any atom is 0.191 e. The normalized spacial score (nSPS) is 15.5. The van der Waals surface area contributed by atoms with Crippen LogP contribution in [0.1, 0.15) is 32.6 Å². The van der Waals surface area contributed by atoms with Crippen LogP contribution in [0.5, 0.6) is 0 Å². The lowest BCUT2D eigenvalue weighted by molar-refractivity contribution is 0.654. The molecule has 0 saturated heterocycles. The molecule has 2 N–H and O–H groups in total. The smallest absolute Gasteiger partial charge is 0.191 e. The lowest BCUT2D eigenvalue weighted by Crippen LogP contribution is -2.38. The summed E-state index contributed by atoms with van der Waals surface area (Å²) in [5, 5.41) is 6.68. The Hall–Kier alpha value is -1.45. The largest absolute Gasteiger partial charge is 0.357 e. The van der Waals surface area contributed by atoms with E-state index >= 15 is 0 Å². The summed E-state index contributed by atoms with van der Waals surface area (Å²) in [6, 6.07) is 4.11. The fourth-order valence-corrected chi connectivity index (χ4v) is 2.14. The van der Waals surface area contributed by atoms with Crippen molar-refractivity contribution in [3.63, 3.8) is 0 Å². The van der Waals surface area contributed by atoms with Gasteiger partial charge in [0.1, 0.15) is 0 Å². The van der Waals surface area contributed by atoms with Crippen molar-refractivity contribution < 1.29 is 0 Å². The van der Waals surface area contributed by atoms with Crippen molar-refractivity contribution in [2.24, 2.45) is 10.9 Å². The molecule has 0 bridgehead atoms. The van der Waals surface area contributed by atoms with E-state index in [-0.39, 0.29) is 0 Å². The summed E-state index contributed by atoms with van der Waals surface area (Å²) in [4.78, 5) is 4.62. The van der Waals surface area contributed by atoms with E-state index in [0.29, 0.717) is 0 Å². The minimum atomic E-state index is 0.906. The van der Waals surface area contributed by atoms with Crippen molar-refractivity contribution in [2.75, 3.05) is 19.6 Å². The Morgan fingerprint density at radius 3 is 2.74 bits per heavy atom. The van der Waals surface area contributed by atoms with Gasteiger partial charge in [0.25, 0.3) is 0 Å². The first-order chi connectivity index (χ1) is 9.38. The van der Waals surface area contributed by atoms with Crippen molar-refractivity contribution in [1.29, 1.82) is 0 Å². The summed E-state index contributed by atoms with van der Waals surface area (Å²) >= 11 is 0. The molecule has 0 aromatic carbocycles. The van der Waals surface area contributed by atoms with Gasteiger partial charge in [-0.15, -0.1) is 0 Å². The molecule has 1 heterocycles. The van der Waals surface area contributed by atoms with Crippen LogP contribution in [0.25, 0.3) is 0 Å². The SMILES string of the molecule is CCNC(=NCCCC1CC1)NCCn1cccc1. The second-order valence-corrected chi connectivity index (χ2v) is 5.19. The van der Waals surface area contributed by atoms with Gasteiger partial charge in [0.15, 0.2) is 5.96 Å². The van der Waals surface area contributed by atoms with Gasteiger partial charge in [-0.3, -0.25) is 4.99 Å². The van der Waals surface area contributed by atoms with Gasteiger partial charge >= 0.3 is 0 Å².